The first-order valence-corrected chi connectivity index (χ1v) is 26.4. The van der Waals surface area contributed by atoms with Crippen molar-refractivity contribution in [1.29, 1.82) is 0 Å². The molecule has 2 atom stereocenters. The molecule has 0 saturated carbocycles. The molecule has 364 valence electrons. The van der Waals surface area contributed by atoms with E-state index in [9.17, 15) is 18.9 Å². The van der Waals surface area contributed by atoms with E-state index in [2.05, 4.69) is 20.2 Å². The number of fused-ring (bicyclic) bond motifs is 1. The van der Waals surface area contributed by atoms with E-state index in [4.69, 9.17) is 23.8 Å². The second-order valence-electron chi connectivity index (χ2n) is 16.4. The first kappa shape index (κ1) is 49.4. The fraction of sp³-hybridized carbons (Fsp3) is 0.164. The lowest BCUT2D eigenvalue weighted by Gasteiger charge is -2.49. The Bertz CT molecular complexity index is 3000. The van der Waals surface area contributed by atoms with E-state index in [0.29, 0.717) is 32.8 Å². The van der Waals surface area contributed by atoms with E-state index < -0.39 is 42.1 Å². The number of thioether (sulfide) groups is 1. The lowest BCUT2D eigenvalue weighted by atomic mass is 9.77. The molecule has 0 spiro atoms. The van der Waals surface area contributed by atoms with Gasteiger partial charge in [0.2, 0.25) is 16.7 Å². The Balaban J connectivity index is 0.937. The third-order valence-electron chi connectivity index (χ3n) is 12.1. The van der Waals surface area contributed by atoms with Crippen LogP contribution in [0.3, 0.4) is 0 Å². The number of ether oxygens (including phenoxy) is 2. The molecule has 2 amide bonds. The Morgan fingerprint density at radius 3 is 1.88 bits per heavy atom. The average molecular weight is 1020 g/mol. The largest absolute Gasteiger partial charge is 0.497 e. The highest BCUT2D eigenvalue weighted by Crippen LogP contribution is 2.45. The number of hydrogen-bond acceptors (Lipinski definition) is 14. The van der Waals surface area contributed by atoms with Crippen LogP contribution in [0.2, 0.25) is 0 Å². The number of methoxy groups -OCH3 is 1. The summed E-state index contributed by atoms with van der Waals surface area (Å²) in [4.78, 5) is 53.8. The van der Waals surface area contributed by atoms with Crippen LogP contribution in [0.5, 0.6) is 5.75 Å². The molecule has 1 fully saturated rings. The average Bonchev–Trinajstić information content (AvgIpc) is 3.91. The van der Waals surface area contributed by atoms with E-state index in [1.807, 2.05) is 133 Å². The molecular weight excluding hydrogens is 968 g/mol. The molecule has 17 heteroatoms. The van der Waals surface area contributed by atoms with Crippen LogP contribution in [0.25, 0.3) is 0 Å². The molecule has 0 aliphatic carbocycles. The van der Waals surface area contributed by atoms with Crippen molar-refractivity contribution in [3.8, 4) is 5.75 Å². The third kappa shape index (κ3) is 10.4. The number of aromatic nitrogens is 2. The number of carbonyl (C=O) groups is 3. The van der Waals surface area contributed by atoms with Gasteiger partial charge < -0.3 is 29.5 Å². The minimum absolute atomic E-state index is 0.0167. The van der Waals surface area contributed by atoms with Crippen molar-refractivity contribution < 1.29 is 37.8 Å². The Morgan fingerprint density at radius 1 is 0.778 bits per heavy atom. The number of nitrogens with one attached hydrogen (secondary N) is 2. The summed E-state index contributed by atoms with van der Waals surface area (Å²) in [5, 5.41) is 11.4. The first-order chi connectivity index (χ1) is 35.2. The van der Waals surface area contributed by atoms with Crippen molar-refractivity contribution in [2.45, 2.75) is 30.0 Å². The van der Waals surface area contributed by atoms with Crippen molar-refractivity contribution in [2.24, 2.45) is 5.16 Å². The van der Waals surface area contributed by atoms with Crippen LogP contribution >= 0.6 is 30.7 Å². The number of nitrogens with zero attached hydrogens (tertiary/aromatic N) is 4. The number of hydrogen-bond donors (Lipinski definition) is 2. The zero-order valence-corrected chi connectivity index (χ0v) is 41.7. The summed E-state index contributed by atoms with van der Waals surface area (Å²) in [7, 11) is -0.571. The van der Waals surface area contributed by atoms with Gasteiger partial charge in [0.05, 0.1) is 13.7 Å². The molecule has 14 nitrogen and oxygen atoms in total. The first-order valence-electron chi connectivity index (χ1n) is 22.9. The van der Waals surface area contributed by atoms with Gasteiger partial charge in [-0.1, -0.05) is 157 Å². The fourth-order valence-electron chi connectivity index (χ4n) is 8.55. The summed E-state index contributed by atoms with van der Waals surface area (Å²) in [5.41, 5.74) is 3.11. The Hall–Kier alpha value is -7.62. The predicted octanol–water partition coefficient (Wildman–Crippen LogP) is 8.59. The molecule has 1 aromatic heterocycles. The third-order valence-corrected chi connectivity index (χ3v) is 16.5. The van der Waals surface area contributed by atoms with E-state index >= 15 is 0 Å². The monoisotopic (exact) mass is 1020 g/mol. The number of oxime groups is 1. The van der Waals surface area contributed by atoms with Crippen LogP contribution in [0.15, 0.2) is 205 Å². The van der Waals surface area contributed by atoms with Crippen molar-refractivity contribution in [3.63, 3.8) is 0 Å². The molecule has 1 saturated heterocycles. The molecular formula is C55H49N6O8PS2. The van der Waals surface area contributed by atoms with E-state index in [-0.39, 0.29) is 36.9 Å². The van der Waals surface area contributed by atoms with Gasteiger partial charge in [-0.15, -0.1) is 11.8 Å². The molecule has 0 radical (unpaired) electrons. The molecule has 6 aromatic carbocycles. The molecule has 9 rings (SSSR count). The van der Waals surface area contributed by atoms with Crippen LogP contribution in [0.4, 0.5) is 5.13 Å². The van der Waals surface area contributed by atoms with E-state index in [1.165, 1.54) is 23.8 Å². The molecule has 2 N–H and O–H groups in total. The maximum absolute atomic E-state index is 14.4. The molecule has 2 aliphatic rings. The van der Waals surface area contributed by atoms with Crippen LogP contribution in [0, 0.1) is 0 Å². The van der Waals surface area contributed by atoms with E-state index in [1.54, 1.807) is 61.7 Å². The van der Waals surface area contributed by atoms with Gasteiger partial charge in [-0.3, -0.25) is 19.1 Å². The maximum atomic E-state index is 14.4. The van der Waals surface area contributed by atoms with Crippen LogP contribution in [0.1, 0.15) is 34.5 Å². The number of amides is 2. The highest BCUT2D eigenvalue weighted by molar-refractivity contribution is 8.00. The van der Waals surface area contributed by atoms with Gasteiger partial charge in [0.25, 0.3) is 19.2 Å². The van der Waals surface area contributed by atoms with Gasteiger partial charge in [0, 0.05) is 27.9 Å². The van der Waals surface area contributed by atoms with Crippen LogP contribution in [-0.2, 0) is 45.2 Å². The zero-order chi connectivity index (χ0) is 49.9. The molecule has 2 aliphatic heterocycles. The minimum Gasteiger partial charge on any atom is -0.497 e. The number of benzene rings is 6. The minimum atomic E-state index is -3.44. The molecule has 72 heavy (non-hydrogen) atoms. The molecule has 0 bridgehead atoms. The number of carbonyl (C=O) groups excluding carboxylic acids is 3. The summed E-state index contributed by atoms with van der Waals surface area (Å²) < 4.78 is 36.2. The van der Waals surface area contributed by atoms with Gasteiger partial charge in [-0.2, -0.15) is 9.36 Å². The van der Waals surface area contributed by atoms with Crippen molar-refractivity contribution in [1.82, 2.24) is 19.6 Å². The smallest absolute Gasteiger partial charge is 0.355 e. The van der Waals surface area contributed by atoms with Gasteiger partial charge in [0.1, 0.15) is 42.1 Å². The Labute approximate surface area is 425 Å². The number of esters is 1. The molecule has 3 heterocycles. The summed E-state index contributed by atoms with van der Waals surface area (Å²) in [6.45, 7) is -0.0438. The van der Waals surface area contributed by atoms with Gasteiger partial charge in [-0.05, 0) is 70.6 Å². The lowest BCUT2D eigenvalue weighted by molar-refractivity contribution is -0.153. The number of rotatable bonds is 20. The van der Waals surface area contributed by atoms with E-state index in [0.717, 1.165) is 33.8 Å². The maximum Gasteiger partial charge on any atom is 0.355 e. The predicted molar refractivity (Wildman–Crippen MR) is 281 cm³/mol. The summed E-state index contributed by atoms with van der Waals surface area (Å²) in [6.07, 6.45) is 3.82. The summed E-state index contributed by atoms with van der Waals surface area (Å²) in [6, 6.07) is 54.2. The number of allylic oxidation sites excluding steroid dienone is 1. The number of anilines is 1. The SMILES string of the molecule is CO/N=C(\C(=O)N[C@@H]1C(=O)N2C(C(=O)OCc3ccc(OC)cc3)=C(C/C=C/COP(=O)(c3ccccc3)c3ccccc3)CS[C@@H]12)c1nsc(NC(c2ccccc2)(c2ccccc2)c2ccccc2)n1. The van der Waals surface area contributed by atoms with Crippen LogP contribution in [-0.4, -0.2) is 75.7 Å². The summed E-state index contributed by atoms with van der Waals surface area (Å²) >= 11 is 2.44. The van der Waals surface area contributed by atoms with Crippen molar-refractivity contribution in [2.75, 3.05) is 31.9 Å². The zero-order valence-electron chi connectivity index (χ0n) is 39.2. The highest BCUT2D eigenvalue weighted by atomic mass is 32.2. The van der Waals surface area contributed by atoms with Gasteiger partial charge in [0.15, 0.2) is 0 Å². The van der Waals surface area contributed by atoms with Crippen LogP contribution < -0.4 is 26.0 Å². The summed E-state index contributed by atoms with van der Waals surface area (Å²) in [5.74, 6) is -0.994. The van der Waals surface area contributed by atoms with Gasteiger partial charge >= 0.3 is 5.97 Å². The lowest BCUT2D eigenvalue weighted by Crippen LogP contribution is -2.71. The standard InChI is InChI=1S/C55H49N6O8PS2/c1-66-43-33-31-38(32-34-43)36-68-53(64)48-39(20-18-19-35-69-70(65,44-27-14-6-15-28-44)45-29-16-7-17-30-45)37-71-52-47(51(63)61(48)52)56-50(62)46(59-67-2)49-57-54(72-60-49)58-55(40-21-8-3-9-22-40,41-23-10-4-11-24-41)42-25-12-5-13-26-42/h3-19,21-34,47,52H,20,35-37H2,1-2H3,(H,56,62)(H,57,58,60)/b19-18+,59-46-/t47-,52+/m1/s1. The molecule has 7 aromatic rings. The normalized spacial score (nSPS) is 15.9. The quantitative estimate of drug-likeness (QED) is 0.0142. The van der Waals surface area contributed by atoms with Crippen molar-refractivity contribution in [3.05, 3.63) is 227 Å². The van der Waals surface area contributed by atoms with Gasteiger partial charge in [-0.25, -0.2) is 4.79 Å². The topological polar surface area (TPSA) is 171 Å². The molecule has 0 unspecified atom stereocenters. The second kappa shape index (κ2) is 22.6. The second-order valence-corrected chi connectivity index (χ2v) is 20.7. The van der Waals surface area contributed by atoms with Crippen molar-refractivity contribution >= 4 is 69.9 Å². The number of β-lactam (4-membered cyclic amide) rings is 1. The fourth-order valence-corrected chi connectivity index (χ4v) is 12.6. The Kier molecular flexibility index (Phi) is 15.5. The Morgan fingerprint density at radius 2 is 1.33 bits per heavy atom. The highest BCUT2D eigenvalue weighted by Gasteiger charge is 2.55.